The average Bonchev–Trinajstić information content (AvgIpc) is 2.06. The van der Waals surface area contributed by atoms with E-state index in [1.54, 1.807) is 0 Å². The summed E-state index contributed by atoms with van der Waals surface area (Å²) < 4.78 is 23.5. The van der Waals surface area contributed by atoms with Gasteiger partial charge in [-0.15, -0.1) is 0 Å². The molecule has 0 spiro atoms. The van der Waals surface area contributed by atoms with Gasteiger partial charge in [-0.2, -0.15) is 8.42 Å². The Morgan fingerprint density at radius 1 is 1.29 bits per heavy atom. The van der Waals surface area contributed by atoms with Gasteiger partial charge in [0, 0.05) is 6.54 Å². The number of hydrogen-bond donors (Lipinski definition) is 2. The van der Waals surface area contributed by atoms with Crippen LogP contribution in [0.15, 0.2) is 0 Å². The second kappa shape index (κ2) is 5.09. The van der Waals surface area contributed by atoms with E-state index in [0.717, 1.165) is 12.3 Å². The highest BCUT2D eigenvalue weighted by Crippen LogP contribution is 2.29. The standard InChI is InChI=1S/C9H20N2O2S/c1-8-2-4-9(5-3-8)6-7-11-14(10,12)13/h8-9,11H,2-7H2,1H3,(H2,10,12,13). The van der Waals surface area contributed by atoms with E-state index in [1.165, 1.54) is 25.7 Å². The molecule has 5 heteroatoms. The van der Waals surface area contributed by atoms with Gasteiger partial charge >= 0.3 is 0 Å². The topological polar surface area (TPSA) is 72.2 Å². The van der Waals surface area contributed by atoms with Crippen LogP contribution in [-0.2, 0) is 10.2 Å². The maximum absolute atomic E-state index is 10.6. The van der Waals surface area contributed by atoms with Gasteiger partial charge in [0.2, 0.25) is 0 Å². The summed E-state index contributed by atoms with van der Waals surface area (Å²) in [5.74, 6) is 1.53. The second-order valence-corrected chi connectivity index (χ2v) is 5.73. The Morgan fingerprint density at radius 2 is 1.86 bits per heavy atom. The lowest BCUT2D eigenvalue weighted by atomic mass is 9.81. The third-order valence-corrected chi connectivity index (χ3v) is 3.60. The van der Waals surface area contributed by atoms with Gasteiger partial charge in [0.15, 0.2) is 0 Å². The molecule has 0 heterocycles. The Hall–Kier alpha value is -0.130. The van der Waals surface area contributed by atoms with Gasteiger partial charge in [-0.3, -0.25) is 0 Å². The molecule has 3 N–H and O–H groups in total. The van der Waals surface area contributed by atoms with Crippen LogP contribution < -0.4 is 9.86 Å². The van der Waals surface area contributed by atoms with Gasteiger partial charge in [-0.1, -0.05) is 32.6 Å². The predicted octanol–water partition coefficient (Wildman–Crippen LogP) is 0.996. The predicted molar refractivity (Wildman–Crippen MR) is 56.8 cm³/mol. The molecular weight excluding hydrogens is 200 g/mol. The van der Waals surface area contributed by atoms with Crippen LogP contribution in [-0.4, -0.2) is 15.0 Å². The molecule has 1 aliphatic rings. The van der Waals surface area contributed by atoms with Gasteiger partial charge in [-0.25, -0.2) is 9.86 Å². The molecule has 1 fully saturated rings. The summed E-state index contributed by atoms with van der Waals surface area (Å²) in [6.07, 6.45) is 5.93. The number of nitrogens with two attached hydrogens (primary N) is 1. The third-order valence-electron chi connectivity index (χ3n) is 2.99. The zero-order chi connectivity index (χ0) is 10.6. The zero-order valence-corrected chi connectivity index (χ0v) is 9.52. The molecule has 0 aliphatic heterocycles. The molecule has 0 amide bonds. The molecule has 0 aromatic rings. The van der Waals surface area contributed by atoms with Crippen molar-refractivity contribution in [1.82, 2.24) is 4.72 Å². The zero-order valence-electron chi connectivity index (χ0n) is 8.70. The molecular formula is C9H20N2O2S. The highest BCUT2D eigenvalue weighted by molar-refractivity contribution is 7.87. The first-order valence-electron chi connectivity index (χ1n) is 5.25. The van der Waals surface area contributed by atoms with Crippen molar-refractivity contribution in [3.8, 4) is 0 Å². The van der Waals surface area contributed by atoms with Gasteiger partial charge in [0.25, 0.3) is 10.2 Å². The lowest BCUT2D eigenvalue weighted by Gasteiger charge is -2.25. The Balaban J connectivity index is 2.14. The molecule has 1 saturated carbocycles. The first-order valence-corrected chi connectivity index (χ1v) is 6.79. The normalized spacial score (nSPS) is 29.0. The number of rotatable bonds is 4. The van der Waals surface area contributed by atoms with Crippen LogP contribution in [0, 0.1) is 11.8 Å². The van der Waals surface area contributed by atoms with E-state index < -0.39 is 10.2 Å². The summed E-state index contributed by atoms with van der Waals surface area (Å²) in [4.78, 5) is 0. The monoisotopic (exact) mass is 220 g/mol. The Labute approximate surface area is 86.4 Å². The molecule has 1 aliphatic carbocycles. The summed E-state index contributed by atoms with van der Waals surface area (Å²) in [5, 5.41) is 4.83. The quantitative estimate of drug-likeness (QED) is 0.741. The molecule has 0 aromatic heterocycles. The molecule has 0 bridgehead atoms. The lowest BCUT2D eigenvalue weighted by Crippen LogP contribution is -2.32. The van der Waals surface area contributed by atoms with Crippen LogP contribution in [0.5, 0.6) is 0 Å². The fraction of sp³-hybridized carbons (Fsp3) is 1.00. The molecule has 14 heavy (non-hydrogen) atoms. The summed E-state index contributed by atoms with van der Waals surface area (Å²) >= 11 is 0. The molecule has 0 radical (unpaired) electrons. The van der Waals surface area contributed by atoms with Crippen molar-refractivity contribution in [1.29, 1.82) is 0 Å². The van der Waals surface area contributed by atoms with E-state index in [9.17, 15) is 8.42 Å². The summed E-state index contributed by atoms with van der Waals surface area (Å²) in [6, 6.07) is 0. The van der Waals surface area contributed by atoms with E-state index in [4.69, 9.17) is 5.14 Å². The summed E-state index contributed by atoms with van der Waals surface area (Å²) in [5.41, 5.74) is 0. The van der Waals surface area contributed by atoms with Crippen LogP contribution in [0.2, 0.25) is 0 Å². The van der Waals surface area contributed by atoms with Crippen molar-refractivity contribution in [2.24, 2.45) is 17.0 Å². The van der Waals surface area contributed by atoms with Crippen molar-refractivity contribution in [2.75, 3.05) is 6.54 Å². The third kappa shape index (κ3) is 4.93. The molecule has 84 valence electrons. The molecule has 0 atom stereocenters. The molecule has 0 unspecified atom stereocenters. The van der Waals surface area contributed by atoms with Crippen molar-refractivity contribution in [3.05, 3.63) is 0 Å². The molecule has 4 nitrogen and oxygen atoms in total. The van der Waals surface area contributed by atoms with Crippen LogP contribution >= 0.6 is 0 Å². The van der Waals surface area contributed by atoms with E-state index in [1.807, 2.05) is 0 Å². The van der Waals surface area contributed by atoms with Crippen molar-refractivity contribution in [2.45, 2.75) is 39.0 Å². The van der Waals surface area contributed by atoms with Gasteiger partial charge in [0.05, 0.1) is 0 Å². The minimum absolute atomic E-state index is 0.484. The number of nitrogens with one attached hydrogen (secondary N) is 1. The van der Waals surface area contributed by atoms with E-state index in [-0.39, 0.29) is 0 Å². The maximum atomic E-state index is 10.6. The lowest BCUT2D eigenvalue weighted by molar-refractivity contribution is 0.278. The Bertz CT molecular complexity index is 256. The van der Waals surface area contributed by atoms with E-state index in [2.05, 4.69) is 11.6 Å². The second-order valence-electron chi connectivity index (χ2n) is 4.35. The highest BCUT2D eigenvalue weighted by Gasteiger charge is 2.17. The van der Waals surface area contributed by atoms with Gasteiger partial charge in [-0.05, 0) is 18.3 Å². The average molecular weight is 220 g/mol. The smallest absolute Gasteiger partial charge is 0.216 e. The van der Waals surface area contributed by atoms with Gasteiger partial charge < -0.3 is 0 Å². The molecule has 0 saturated heterocycles. The van der Waals surface area contributed by atoms with Crippen molar-refractivity contribution < 1.29 is 8.42 Å². The first-order chi connectivity index (χ1) is 6.47. The van der Waals surface area contributed by atoms with E-state index >= 15 is 0 Å². The van der Waals surface area contributed by atoms with Crippen LogP contribution in [0.1, 0.15) is 39.0 Å². The highest BCUT2D eigenvalue weighted by atomic mass is 32.2. The van der Waals surface area contributed by atoms with Crippen molar-refractivity contribution >= 4 is 10.2 Å². The minimum Gasteiger partial charge on any atom is -0.216 e. The van der Waals surface area contributed by atoms with Crippen molar-refractivity contribution in [3.63, 3.8) is 0 Å². The summed E-state index contributed by atoms with van der Waals surface area (Å²) in [7, 11) is -3.49. The van der Waals surface area contributed by atoms with E-state index in [0.29, 0.717) is 12.5 Å². The van der Waals surface area contributed by atoms with Crippen LogP contribution in [0.3, 0.4) is 0 Å². The van der Waals surface area contributed by atoms with Gasteiger partial charge in [0.1, 0.15) is 0 Å². The number of hydrogen-bond acceptors (Lipinski definition) is 2. The molecule has 0 aromatic carbocycles. The van der Waals surface area contributed by atoms with Crippen LogP contribution in [0.25, 0.3) is 0 Å². The van der Waals surface area contributed by atoms with Crippen LogP contribution in [0.4, 0.5) is 0 Å². The summed E-state index contributed by atoms with van der Waals surface area (Å²) in [6.45, 7) is 2.76. The first kappa shape index (κ1) is 11.9. The Morgan fingerprint density at radius 3 is 2.36 bits per heavy atom. The fourth-order valence-corrected chi connectivity index (χ4v) is 2.43. The largest absolute Gasteiger partial charge is 0.274 e. The molecule has 1 rings (SSSR count). The maximum Gasteiger partial charge on any atom is 0.274 e. The SMILES string of the molecule is CC1CCC(CCNS(N)(=O)=O)CC1. The minimum atomic E-state index is -3.49. The fourth-order valence-electron chi connectivity index (χ4n) is 2.02. The Kier molecular flexibility index (Phi) is 4.34.